The number of carbonyl (C=O) groups excluding carboxylic acids is 2. The molecule has 2 rings (SSSR count). The van der Waals surface area contributed by atoms with E-state index in [4.69, 9.17) is 10.00 Å². The summed E-state index contributed by atoms with van der Waals surface area (Å²) in [7, 11) is 0. The molecule has 124 valence electrons. The van der Waals surface area contributed by atoms with E-state index >= 15 is 0 Å². The van der Waals surface area contributed by atoms with Crippen molar-refractivity contribution in [1.82, 2.24) is 0 Å². The van der Waals surface area contributed by atoms with Gasteiger partial charge in [0.05, 0.1) is 16.8 Å². The zero-order chi connectivity index (χ0) is 18.1. The van der Waals surface area contributed by atoms with Crippen LogP contribution in [0.5, 0.6) is 5.75 Å². The lowest BCUT2D eigenvalue weighted by Gasteiger charge is -2.10. The molecule has 0 bridgehead atoms. The first-order valence-electron chi connectivity index (χ1n) is 7.61. The average Bonchev–Trinajstić information content (AvgIpc) is 2.58. The molecule has 0 unspecified atom stereocenters. The highest BCUT2D eigenvalue weighted by atomic mass is 16.5. The fourth-order valence-corrected chi connectivity index (χ4v) is 1.95. The summed E-state index contributed by atoms with van der Waals surface area (Å²) < 4.78 is 5.02. The van der Waals surface area contributed by atoms with Crippen LogP contribution in [0.3, 0.4) is 0 Å². The molecule has 1 N–H and O–H groups in total. The second kappa shape index (κ2) is 9.11. The van der Waals surface area contributed by atoms with Gasteiger partial charge in [0.2, 0.25) is 0 Å². The van der Waals surface area contributed by atoms with Crippen molar-refractivity contribution in [2.45, 2.75) is 27.7 Å². The van der Waals surface area contributed by atoms with Gasteiger partial charge in [-0.05, 0) is 36.8 Å². The summed E-state index contributed by atoms with van der Waals surface area (Å²) in [5.41, 5.74) is 1.94. The number of esters is 1. The first-order valence-corrected chi connectivity index (χ1v) is 7.61. The molecule has 0 saturated heterocycles. The Kier molecular flexibility index (Phi) is 7.18. The molecule has 0 radical (unpaired) electrons. The molecule has 5 heteroatoms. The summed E-state index contributed by atoms with van der Waals surface area (Å²) in [6.07, 6.45) is 0. The molecule has 24 heavy (non-hydrogen) atoms. The van der Waals surface area contributed by atoms with Gasteiger partial charge in [0.25, 0.3) is 5.91 Å². The summed E-state index contributed by atoms with van der Waals surface area (Å²) in [5, 5.41) is 11.8. The molecular formula is C19H20N2O3. The minimum atomic E-state index is -0.506. The number of amides is 1. The van der Waals surface area contributed by atoms with E-state index in [-0.39, 0.29) is 11.3 Å². The molecule has 0 fully saturated rings. The maximum absolute atomic E-state index is 12.4. The van der Waals surface area contributed by atoms with Gasteiger partial charge >= 0.3 is 5.97 Å². The zero-order valence-corrected chi connectivity index (χ0v) is 14.2. The third-order valence-corrected chi connectivity index (χ3v) is 2.93. The lowest BCUT2D eigenvalue weighted by atomic mass is 10.1. The van der Waals surface area contributed by atoms with Crippen LogP contribution in [-0.4, -0.2) is 11.9 Å². The van der Waals surface area contributed by atoms with E-state index in [1.54, 1.807) is 36.4 Å². The molecule has 0 heterocycles. The number of ether oxygens (including phenoxy) is 1. The fourth-order valence-electron chi connectivity index (χ4n) is 1.95. The van der Waals surface area contributed by atoms with Gasteiger partial charge in [-0.3, -0.25) is 9.59 Å². The van der Waals surface area contributed by atoms with Crippen LogP contribution in [0.4, 0.5) is 5.69 Å². The highest BCUT2D eigenvalue weighted by Gasteiger charge is 2.15. The number of nitriles is 1. The van der Waals surface area contributed by atoms with E-state index < -0.39 is 11.9 Å². The number of anilines is 1. The number of para-hydroxylation sites is 1. The molecule has 0 saturated carbocycles. The van der Waals surface area contributed by atoms with Gasteiger partial charge in [-0.1, -0.05) is 32.0 Å². The van der Waals surface area contributed by atoms with Crippen LogP contribution in [0, 0.1) is 18.3 Å². The van der Waals surface area contributed by atoms with E-state index in [0.717, 1.165) is 5.56 Å². The van der Waals surface area contributed by atoms with Crippen LogP contribution in [0.2, 0.25) is 0 Å². The van der Waals surface area contributed by atoms with Crippen molar-refractivity contribution in [2.24, 2.45) is 0 Å². The van der Waals surface area contributed by atoms with Crippen LogP contribution in [0.15, 0.2) is 42.5 Å². The standard InChI is InChI=1S/C17H14N2O3.C2H6/c1-11-7-8-15(13(9-11)10-18)19-17(21)14-5-3-4-6-16(14)22-12(2)20;1-2/h3-9H,1-2H3,(H,19,21);1-2H3. The Hall–Kier alpha value is -3.13. The number of aryl methyl sites for hydroxylation is 1. The van der Waals surface area contributed by atoms with Crippen molar-refractivity contribution in [3.8, 4) is 11.8 Å². The lowest BCUT2D eigenvalue weighted by Crippen LogP contribution is -2.15. The Balaban J connectivity index is 0.00000139. The van der Waals surface area contributed by atoms with Gasteiger partial charge in [-0.15, -0.1) is 0 Å². The van der Waals surface area contributed by atoms with Crippen LogP contribution in [0.25, 0.3) is 0 Å². The van der Waals surface area contributed by atoms with Gasteiger partial charge in [0, 0.05) is 6.92 Å². The predicted molar refractivity (Wildman–Crippen MR) is 92.9 cm³/mol. The van der Waals surface area contributed by atoms with E-state index in [2.05, 4.69) is 5.32 Å². The van der Waals surface area contributed by atoms with Crippen molar-refractivity contribution < 1.29 is 14.3 Å². The van der Waals surface area contributed by atoms with Gasteiger partial charge in [-0.2, -0.15) is 5.26 Å². The smallest absolute Gasteiger partial charge is 0.308 e. The number of nitrogens with zero attached hydrogens (tertiary/aromatic N) is 1. The monoisotopic (exact) mass is 324 g/mol. The molecular weight excluding hydrogens is 304 g/mol. The normalized spacial score (nSPS) is 9.12. The van der Waals surface area contributed by atoms with Gasteiger partial charge in [0.1, 0.15) is 11.8 Å². The highest BCUT2D eigenvalue weighted by molar-refractivity contribution is 6.07. The highest BCUT2D eigenvalue weighted by Crippen LogP contribution is 2.22. The van der Waals surface area contributed by atoms with Crippen LogP contribution >= 0.6 is 0 Å². The zero-order valence-electron chi connectivity index (χ0n) is 14.2. The second-order valence-corrected chi connectivity index (χ2v) is 4.70. The summed E-state index contributed by atoms with van der Waals surface area (Å²) in [5.74, 6) is -0.774. The Morgan fingerprint density at radius 2 is 1.79 bits per heavy atom. The Labute approximate surface area is 141 Å². The SMILES string of the molecule is CC.CC(=O)Oc1ccccc1C(=O)Nc1ccc(C)cc1C#N. The van der Waals surface area contributed by atoms with Gasteiger partial charge < -0.3 is 10.1 Å². The van der Waals surface area contributed by atoms with Crippen molar-refractivity contribution in [3.05, 3.63) is 59.2 Å². The number of rotatable bonds is 3. The Morgan fingerprint density at radius 3 is 2.42 bits per heavy atom. The predicted octanol–water partition coefficient (Wildman–Crippen LogP) is 4.07. The van der Waals surface area contributed by atoms with Crippen molar-refractivity contribution in [2.75, 3.05) is 5.32 Å². The summed E-state index contributed by atoms with van der Waals surface area (Å²) in [6.45, 7) is 7.13. The molecule has 0 aliphatic rings. The average molecular weight is 324 g/mol. The molecule has 0 spiro atoms. The molecule has 0 atom stereocenters. The topological polar surface area (TPSA) is 79.2 Å². The molecule has 0 aromatic heterocycles. The lowest BCUT2D eigenvalue weighted by molar-refractivity contribution is -0.131. The Morgan fingerprint density at radius 1 is 1.12 bits per heavy atom. The molecule has 0 aliphatic carbocycles. The first-order chi connectivity index (χ1) is 11.5. The van der Waals surface area contributed by atoms with E-state index in [1.807, 2.05) is 26.8 Å². The molecule has 5 nitrogen and oxygen atoms in total. The molecule has 1 amide bonds. The van der Waals surface area contributed by atoms with Crippen molar-refractivity contribution in [3.63, 3.8) is 0 Å². The van der Waals surface area contributed by atoms with E-state index in [0.29, 0.717) is 11.3 Å². The number of hydrogen-bond acceptors (Lipinski definition) is 4. The van der Waals surface area contributed by atoms with E-state index in [9.17, 15) is 9.59 Å². The third-order valence-electron chi connectivity index (χ3n) is 2.93. The molecule has 2 aromatic rings. The number of benzene rings is 2. The maximum atomic E-state index is 12.4. The largest absolute Gasteiger partial charge is 0.426 e. The third kappa shape index (κ3) is 4.96. The van der Waals surface area contributed by atoms with Crippen LogP contribution < -0.4 is 10.1 Å². The molecule has 2 aromatic carbocycles. The number of carbonyl (C=O) groups is 2. The molecule has 0 aliphatic heterocycles. The number of hydrogen-bond donors (Lipinski definition) is 1. The van der Waals surface area contributed by atoms with Crippen molar-refractivity contribution >= 4 is 17.6 Å². The van der Waals surface area contributed by atoms with Crippen LogP contribution in [-0.2, 0) is 4.79 Å². The second-order valence-electron chi connectivity index (χ2n) is 4.70. The van der Waals surface area contributed by atoms with Gasteiger partial charge in [-0.25, -0.2) is 0 Å². The minimum Gasteiger partial charge on any atom is -0.426 e. The summed E-state index contributed by atoms with van der Waals surface area (Å²) >= 11 is 0. The maximum Gasteiger partial charge on any atom is 0.308 e. The fraction of sp³-hybridized carbons (Fsp3) is 0.211. The minimum absolute atomic E-state index is 0.179. The first kappa shape index (κ1) is 18.9. The number of nitrogens with one attached hydrogen (secondary N) is 1. The van der Waals surface area contributed by atoms with Crippen LogP contribution in [0.1, 0.15) is 42.3 Å². The summed E-state index contributed by atoms with van der Waals surface area (Å²) in [4.78, 5) is 23.4. The van der Waals surface area contributed by atoms with Crippen molar-refractivity contribution in [1.29, 1.82) is 5.26 Å². The Bertz CT molecular complexity index is 776. The van der Waals surface area contributed by atoms with E-state index in [1.165, 1.54) is 13.0 Å². The quantitative estimate of drug-likeness (QED) is 0.682. The summed E-state index contributed by atoms with van der Waals surface area (Å²) in [6, 6.07) is 13.6. The van der Waals surface area contributed by atoms with Gasteiger partial charge in [0.15, 0.2) is 0 Å².